The van der Waals surface area contributed by atoms with Crippen LogP contribution in [0.4, 0.5) is 0 Å². The molecule has 94 valence electrons. The van der Waals surface area contributed by atoms with Crippen LogP contribution in [0.25, 0.3) is 0 Å². The third kappa shape index (κ3) is 4.65. The molecular formula is C14H20BrNS. The maximum atomic E-state index is 3.68. The van der Waals surface area contributed by atoms with E-state index in [1.165, 1.54) is 30.6 Å². The van der Waals surface area contributed by atoms with E-state index in [1.54, 1.807) is 0 Å². The Balaban J connectivity index is 1.72. The van der Waals surface area contributed by atoms with Gasteiger partial charge >= 0.3 is 0 Å². The van der Waals surface area contributed by atoms with Gasteiger partial charge in [-0.05, 0) is 37.1 Å². The summed E-state index contributed by atoms with van der Waals surface area (Å²) in [5.41, 5.74) is 0. The highest BCUT2D eigenvalue weighted by atomic mass is 79.9. The van der Waals surface area contributed by atoms with E-state index in [-0.39, 0.29) is 0 Å². The van der Waals surface area contributed by atoms with Gasteiger partial charge in [0.05, 0.1) is 0 Å². The molecule has 0 amide bonds. The summed E-state index contributed by atoms with van der Waals surface area (Å²) in [6.07, 6.45) is 5.56. The first-order chi connectivity index (χ1) is 8.24. The Morgan fingerprint density at radius 3 is 2.59 bits per heavy atom. The maximum Gasteiger partial charge on any atom is 0.0191 e. The third-order valence-electron chi connectivity index (χ3n) is 3.20. The van der Waals surface area contributed by atoms with Crippen LogP contribution in [0.5, 0.6) is 0 Å². The third-order valence-corrected chi connectivity index (χ3v) is 4.84. The second kappa shape index (κ2) is 6.81. The first kappa shape index (κ1) is 13.4. The van der Waals surface area contributed by atoms with Crippen molar-refractivity contribution in [2.45, 2.75) is 48.8 Å². The Morgan fingerprint density at radius 1 is 1.29 bits per heavy atom. The molecule has 0 spiro atoms. The first-order valence-electron chi connectivity index (χ1n) is 6.39. The van der Waals surface area contributed by atoms with Crippen LogP contribution in [0.1, 0.15) is 32.6 Å². The summed E-state index contributed by atoms with van der Waals surface area (Å²) in [5, 5.41) is 4.32. The van der Waals surface area contributed by atoms with E-state index < -0.39 is 0 Å². The minimum atomic E-state index is 0.636. The predicted molar refractivity (Wildman–Crippen MR) is 79.7 cm³/mol. The first-order valence-corrected chi connectivity index (χ1v) is 8.07. The molecule has 1 saturated carbocycles. The van der Waals surface area contributed by atoms with Crippen LogP contribution in [0, 0.1) is 0 Å². The van der Waals surface area contributed by atoms with Crippen molar-refractivity contribution in [2.24, 2.45) is 0 Å². The predicted octanol–water partition coefficient (Wildman–Crippen LogP) is 4.46. The monoisotopic (exact) mass is 313 g/mol. The average molecular weight is 314 g/mol. The van der Waals surface area contributed by atoms with Gasteiger partial charge in [-0.1, -0.05) is 35.7 Å². The summed E-state index contributed by atoms with van der Waals surface area (Å²) in [5.74, 6) is 0. The van der Waals surface area contributed by atoms with Crippen molar-refractivity contribution in [3.05, 3.63) is 28.7 Å². The molecule has 0 radical (unpaired) electrons. The molecule has 0 heterocycles. The summed E-state index contributed by atoms with van der Waals surface area (Å²) < 4.78 is 1.15. The van der Waals surface area contributed by atoms with Crippen LogP contribution < -0.4 is 5.32 Å². The van der Waals surface area contributed by atoms with E-state index in [9.17, 15) is 0 Å². The fraction of sp³-hybridized carbons (Fsp3) is 0.571. The number of halogens is 1. The molecule has 0 saturated heterocycles. The molecule has 2 rings (SSSR count). The van der Waals surface area contributed by atoms with Gasteiger partial charge in [-0.15, -0.1) is 11.8 Å². The van der Waals surface area contributed by atoms with Crippen molar-refractivity contribution in [2.75, 3.05) is 6.54 Å². The summed E-state index contributed by atoms with van der Waals surface area (Å²) in [6.45, 7) is 3.42. The van der Waals surface area contributed by atoms with Crippen molar-refractivity contribution in [3.63, 3.8) is 0 Å². The molecular weight excluding hydrogens is 294 g/mol. The fourth-order valence-corrected chi connectivity index (χ4v) is 3.45. The molecule has 0 bridgehead atoms. The topological polar surface area (TPSA) is 12.0 Å². The second-order valence-corrected chi connectivity index (χ2v) is 7.20. The summed E-state index contributed by atoms with van der Waals surface area (Å²) in [6, 6.07) is 9.36. The van der Waals surface area contributed by atoms with Gasteiger partial charge in [0.2, 0.25) is 0 Å². The van der Waals surface area contributed by atoms with Crippen LogP contribution in [-0.4, -0.2) is 17.8 Å². The normalized spacial score (nSPS) is 18.5. The highest BCUT2D eigenvalue weighted by Crippen LogP contribution is 2.25. The van der Waals surface area contributed by atoms with Crippen LogP contribution in [0.2, 0.25) is 0 Å². The zero-order valence-electron chi connectivity index (χ0n) is 10.3. The SMILES string of the molecule is CC(CNC1CCCC1)Sc1ccc(Br)cc1. The Kier molecular flexibility index (Phi) is 5.39. The van der Waals surface area contributed by atoms with E-state index in [2.05, 4.69) is 52.4 Å². The van der Waals surface area contributed by atoms with Crippen LogP contribution >= 0.6 is 27.7 Å². The quantitative estimate of drug-likeness (QED) is 0.805. The van der Waals surface area contributed by atoms with E-state index in [0.717, 1.165) is 17.1 Å². The van der Waals surface area contributed by atoms with E-state index in [1.807, 2.05) is 11.8 Å². The number of thioether (sulfide) groups is 1. The second-order valence-electron chi connectivity index (χ2n) is 4.77. The van der Waals surface area contributed by atoms with Gasteiger partial charge in [-0.25, -0.2) is 0 Å². The molecule has 1 N–H and O–H groups in total. The van der Waals surface area contributed by atoms with E-state index in [4.69, 9.17) is 0 Å². The summed E-state index contributed by atoms with van der Waals surface area (Å²) >= 11 is 5.42. The highest BCUT2D eigenvalue weighted by molar-refractivity contribution is 9.10. The largest absolute Gasteiger partial charge is 0.313 e. The molecule has 1 atom stereocenters. The zero-order chi connectivity index (χ0) is 12.1. The van der Waals surface area contributed by atoms with Crippen molar-refractivity contribution >= 4 is 27.7 Å². The van der Waals surface area contributed by atoms with E-state index >= 15 is 0 Å². The van der Waals surface area contributed by atoms with Crippen molar-refractivity contribution < 1.29 is 0 Å². The molecule has 0 aliphatic heterocycles. The van der Waals surface area contributed by atoms with Gasteiger partial charge in [-0.3, -0.25) is 0 Å². The lowest BCUT2D eigenvalue weighted by Crippen LogP contribution is -2.31. The summed E-state index contributed by atoms with van der Waals surface area (Å²) in [4.78, 5) is 1.36. The van der Waals surface area contributed by atoms with Gasteiger partial charge in [0.15, 0.2) is 0 Å². The van der Waals surface area contributed by atoms with Gasteiger partial charge in [-0.2, -0.15) is 0 Å². The molecule has 1 aromatic carbocycles. The van der Waals surface area contributed by atoms with Crippen molar-refractivity contribution in [1.82, 2.24) is 5.32 Å². The van der Waals surface area contributed by atoms with Crippen molar-refractivity contribution in [1.29, 1.82) is 0 Å². The highest BCUT2D eigenvalue weighted by Gasteiger charge is 2.15. The lowest BCUT2D eigenvalue weighted by atomic mass is 10.2. The van der Waals surface area contributed by atoms with Crippen LogP contribution in [0.15, 0.2) is 33.6 Å². The molecule has 17 heavy (non-hydrogen) atoms. The standard InChI is InChI=1S/C14H20BrNS/c1-11(10-16-13-4-2-3-5-13)17-14-8-6-12(15)7-9-14/h6-9,11,13,16H,2-5,10H2,1H3. The fourth-order valence-electron chi connectivity index (χ4n) is 2.25. The molecule has 1 fully saturated rings. The number of nitrogens with one attached hydrogen (secondary N) is 1. The number of rotatable bonds is 5. The van der Waals surface area contributed by atoms with E-state index in [0.29, 0.717) is 5.25 Å². The zero-order valence-corrected chi connectivity index (χ0v) is 12.7. The smallest absolute Gasteiger partial charge is 0.0191 e. The molecule has 1 unspecified atom stereocenters. The van der Waals surface area contributed by atoms with Crippen LogP contribution in [0.3, 0.4) is 0 Å². The number of benzene rings is 1. The Labute approximate surface area is 117 Å². The number of hydrogen-bond acceptors (Lipinski definition) is 2. The lowest BCUT2D eigenvalue weighted by molar-refractivity contribution is 0.527. The molecule has 0 aromatic heterocycles. The van der Waals surface area contributed by atoms with Crippen LogP contribution in [-0.2, 0) is 0 Å². The molecule has 1 aliphatic rings. The molecule has 1 nitrogen and oxygen atoms in total. The molecule has 1 aromatic rings. The molecule has 1 aliphatic carbocycles. The Bertz CT molecular complexity index is 333. The molecule has 3 heteroatoms. The maximum absolute atomic E-state index is 3.68. The van der Waals surface area contributed by atoms with Gasteiger partial charge in [0, 0.05) is 27.2 Å². The van der Waals surface area contributed by atoms with Crippen molar-refractivity contribution in [3.8, 4) is 0 Å². The lowest BCUT2D eigenvalue weighted by Gasteiger charge is -2.16. The minimum absolute atomic E-state index is 0.636. The summed E-state index contributed by atoms with van der Waals surface area (Å²) in [7, 11) is 0. The van der Waals surface area contributed by atoms with Gasteiger partial charge < -0.3 is 5.32 Å². The Hall–Kier alpha value is 0.01000. The average Bonchev–Trinajstić information content (AvgIpc) is 2.83. The Morgan fingerprint density at radius 2 is 1.94 bits per heavy atom. The van der Waals surface area contributed by atoms with Gasteiger partial charge in [0.25, 0.3) is 0 Å². The van der Waals surface area contributed by atoms with Gasteiger partial charge in [0.1, 0.15) is 0 Å². The number of hydrogen-bond donors (Lipinski definition) is 1. The minimum Gasteiger partial charge on any atom is -0.313 e.